The van der Waals surface area contributed by atoms with Gasteiger partial charge in [-0.1, -0.05) is 0 Å². The Hall–Kier alpha value is -0.570. The second-order valence-electron chi connectivity index (χ2n) is 3.79. The van der Waals surface area contributed by atoms with Crippen LogP contribution < -0.4 is 0 Å². The number of carboxylic acid groups (broad SMARTS) is 1. The molecule has 0 amide bonds. The molecule has 1 aliphatic heterocycles. The van der Waals surface area contributed by atoms with Gasteiger partial charge >= 0.3 is 5.97 Å². The lowest BCUT2D eigenvalue weighted by Crippen LogP contribution is -2.29. The largest absolute Gasteiger partial charge is 0.481 e. The fourth-order valence-electron chi connectivity index (χ4n) is 2.43. The van der Waals surface area contributed by atoms with Crippen LogP contribution in [0.1, 0.15) is 6.92 Å². The van der Waals surface area contributed by atoms with Gasteiger partial charge in [0, 0.05) is 12.6 Å². The average molecular weight is 155 g/mol. The molecule has 62 valence electrons. The first-order valence-electron chi connectivity index (χ1n) is 4.06. The van der Waals surface area contributed by atoms with E-state index in [0.29, 0.717) is 17.9 Å². The maximum absolute atomic E-state index is 10.6. The Bertz CT molecular complexity index is 204. The number of nitrogens with zero attached hydrogens (tertiary/aromatic N) is 1. The van der Waals surface area contributed by atoms with Crippen LogP contribution in [-0.4, -0.2) is 35.6 Å². The first kappa shape index (κ1) is 7.10. The molecule has 0 bridgehead atoms. The highest BCUT2D eigenvalue weighted by Gasteiger charge is 2.62. The first-order valence-corrected chi connectivity index (χ1v) is 4.06. The van der Waals surface area contributed by atoms with E-state index in [-0.39, 0.29) is 5.92 Å². The summed E-state index contributed by atoms with van der Waals surface area (Å²) in [6.07, 6.45) is 0. The van der Waals surface area contributed by atoms with E-state index in [0.717, 1.165) is 6.54 Å². The number of likely N-dealkylation sites (tertiary alicyclic amines) is 1. The smallest absolute Gasteiger partial charge is 0.307 e. The van der Waals surface area contributed by atoms with Gasteiger partial charge in [0.2, 0.25) is 0 Å². The first-order chi connectivity index (χ1) is 5.13. The van der Waals surface area contributed by atoms with Crippen molar-refractivity contribution in [3.63, 3.8) is 0 Å². The number of carboxylic acids is 1. The molecule has 0 aromatic carbocycles. The van der Waals surface area contributed by atoms with Crippen LogP contribution >= 0.6 is 0 Å². The molecule has 11 heavy (non-hydrogen) atoms. The quantitative estimate of drug-likeness (QED) is 0.590. The molecule has 0 radical (unpaired) electrons. The van der Waals surface area contributed by atoms with Gasteiger partial charge in [-0.05, 0) is 25.8 Å². The predicted molar refractivity (Wildman–Crippen MR) is 40.2 cm³/mol. The summed E-state index contributed by atoms with van der Waals surface area (Å²) in [4.78, 5) is 12.9. The van der Waals surface area contributed by atoms with Crippen LogP contribution in [0.15, 0.2) is 0 Å². The maximum Gasteiger partial charge on any atom is 0.307 e. The Balaban J connectivity index is 2.05. The number of piperidine rings is 1. The van der Waals surface area contributed by atoms with Crippen LogP contribution in [0.3, 0.4) is 0 Å². The van der Waals surface area contributed by atoms with E-state index >= 15 is 0 Å². The highest BCUT2D eigenvalue weighted by atomic mass is 16.4. The van der Waals surface area contributed by atoms with Crippen molar-refractivity contribution < 1.29 is 9.90 Å². The third-order valence-corrected chi connectivity index (χ3v) is 3.27. The second-order valence-corrected chi connectivity index (χ2v) is 3.79. The number of hydrogen-bond acceptors (Lipinski definition) is 2. The van der Waals surface area contributed by atoms with Gasteiger partial charge < -0.3 is 10.0 Å². The van der Waals surface area contributed by atoms with E-state index < -0.39 is 5.97 Å². The number of aliphatic carboxylic acids is 1. The Kier molecular flexibility index (Phi) is 1.27. The predicted octanol–water partition coefficient (Wildman–Crippen LogP) is 0.267. The van der Waals surface area contributed by atoms with Gasteiger partial charge in [-0.3, -0.25) is 4.79 Å². The van der Waals surface area contributed by atoms with E-state index in [9.17, 15) is 4.79 Å². The van der Waals surface area contributed by atoms with Crippen LogP contribution in [0.5, 0.6) is 0 Å². The molecular weight excluding hydrogens is 142 g/mol. The van der Waals surface area contributed by atoms with E-state index in [1.54, 1.807) is 0 Å². The molecule has 1 aliphatic carbocycles. The molecule has 1 heterocycles. The van der Waals surface area contributed by atoms with Crippen LogP contribution in [0.25, 0.3) is 0 Å². The monoisotopic (exact) mass is 155 g/mol. The molecule has 1 N–H and O–H groups in total. The van der Waals surface area contributed by atoms with Crippen molar-refractivity contribution >= 4 is 5.97 Å². The fraction of sp³-hybridized carbons (Fsp3) is 0.875. The lowest BCUT2D eigenvalue weighted by atomic mass is 10.2. The number of rotatable bonds is 1. The number of carbonyl (C=O) groups is 1. The third-order valence-electron chi connectivity index (χ3n) is 3.27. The summed E-state index contributed by atoms with van der Waals surface area (Å²) in [6.45, 7) is 3.09. The summed E-state index contributed by atoms with van der Waals surface area (Å²) in [7, 11) is 2.07. The van der Waals surface area contributed by atoms with Gasteiger partial charge in [0.25, 0.3) is 0 Å². The van der Waals surface area contributed by atoms with Gasteiger partial charge in [0.05, 0.1) is 5.92 Å². The molecule has 1 saturated carbocycles. The Morgan fingerprint density at radius 3 is 2.64 bits per heavy atom. The molecular formula is C8H13NO2. The standard InChI is InChI=1S/C8H13NO2/c1-4-6-5(3-9(4)2)7(6)8(10)11/h4-7H,3H2,1-2H3,(H,10,11). The zero-order valence-electron chi connectivity index (χ0n) is 6.82. The Morgan fingerprint density at radius 2 is 2.27 bits per heavy atom. The molecule has 0 aromatic rings. The number of hydrogen-bond donors (Lipinski definition) is 1. The molecule has 1 saturated heterocycles. The van der Waals surface area contributed by atoms with Crippen molar-refractivity contribution in [1.82, 2.24) is 4.90 Å². The summed E-state index contributed by atoms with van der Waals surface area (Å²) < 4.78 is 0. The van der Waals surface area contributed by atoms with Crippen molar-refractivity contribution in [2.45, 2.75) is 13.0 Å². The molecule has 2 aliphatic rings. The van der Waals surface area contributed by atoms with Crippen LogP contribution in [0.2, 0.25) is 0 Å². The molecule has 3 nitrogen and oxygen atoms in total. The average Bonchev–Trinajstić information content (AvgIpc) is 2.54. The Morgan fingerprint density at radius 1 is 1.64 bits per heavy atom. The summed E-state index contributed by atoms with van der Waals surface area (Å²) in [5, 5.41) is 8.74. The van der Waals surface area contributed by atoms with E-state index in [1.165, 1.54) is 0 Å². The minimum atomic E-state index is -0.597. The molecule has 3 heteroatoms. The molecule has 4 unspecified atom stereocenters. The highest BCUT2D eigenvalue weighted by Crippen LogP contribution is 2.54. The summed E-state index contributed by atoms with van der Waals surface area (Å²) in [6, 6.07) is 0.473. The van der Waals surface area contributed by atoms with Crippen molar-refractivity contribution in [3.8, 4) is 0 Å². The highest BCUT2D eigenvalue weighted by molar-refractivity contribution is 5.75. The normalized spacial score (nSPS) is 48.9. The van der Waals surface area contributed by atoms with Crippen LogP contribution in [-0.2, 0) is 4.79 Å². The van der Waals surface area contributed by atoms with Crippen molar-refractivity contribution in [3.05, 3.63) is 0 Å². The molecule has 0 aromatic heterocycles. The third kappa shape index (κ3) is 0.805. The van der Waals surface area contributed by atoms with Crippen molar-refractivity contribution in [2.24, 2.45) is 17.8 Å². The van der Waals surface area contributed by atoms with Crippen LogP contribution in [0, 0.1) is 17.8 Å². The van der Waals surface area contributed by atoms with Gasteiger partial charge in [-0.2, -0.15) is 0 Å². The van der Waals surface area contributed by atoms with E-state index in [1.807, 2.05) is 0 Å². The molecule has 0 spiro atoms. The summed E-state index contributed by atoms with van der Waals surface area (Å²) in [5.41, 5.74) is 0. The maximum atomic E-state index is 10.6. The minimum absolute atomic E-state index is 0.0267. The molecule has 2 rings (SSSR count). The SMILES string of the molecule is CC1C2C(CN1C)C2C(=O)O. The van der Waals surface area contributed by atoms with Crippen LogP contribution in [0.4, 0.5) is 0 Å². The fourth-order valence-corrected chi connectivity index (χ4v) is 2.43. The van der Waals surface area contributed by atoms with Gasteiger partial charge in [-0.25, -0.2) is 0 Å². The van der Waals surface area contributed by atoms with E-state index in [4.69, 9.17) is 5.11 Å². The summed E-state index contributed by atoms with van der Waals surface area (Å²) >= 11 is 0. The zero-order chi connectivity index (χ0) is 8.17. The molecule has 4 atom stereocenters. The minimum Gasteiger partial charge on any atom is -0.481 e. The zero-order valence-corrected chi connectivity index (χ0v) is 6.82. The van der Waals surface area contributed by atoms with Gasteiger partial charge in [0.1, 0.15) is 0 Å². The van der Waals surface area contributed by atoms with E-state index in [2.05, 4.69) is 18.9 Å². The van der Waals surface area contributed by atoms with Crippen molar-refractivity contribution in [1.29, 1.82) is 0 Å². The topological polar surface area (TPSA) is 40.5 Å². The lowest BCUT2D eigenvalue weighted by Gasteiger charge is -2.19. The second kappa shape index (κ2) is 1.97. The lowest BCUT2D eigenvalue weighted by molar-refractivity contribution is -0.139. The van der Waals surface area contributed by atoms with Gasteiger partial charge in [-0.15, -0.1) is 0 Å². The Labute approximate surface area is 66.0 Å². The van der Waals surface area contributed by atoms with Gasteiger partial charge in [0.15, 0.2) is 0 Å². The molecule has 2 fully saturated rings. The summed E-state index contributed by atoms with van der Waals surface area (Å²) in [5.74, 6) is 0.270. The number of fused-ring (bicyclic) bond motifs is 1. The van der Waals surface area contributed by atoms with Crippen molar-refractivity contribution in [2.75, 3.05) is 13.6 Å².